The third-order valence-corrected chi connectivity index (χ3v) is 3.01. The summed E-state index contributed by atoms with van der Waals surface area (Å²) in [7, 11) is 0. The van der Waals surface area contributed by atoms with Crippen molar-refractivity contribution in [2.45, 2.75) is 20.0 Å². The molecule has 0 bridgehead atoms. The largest absolute Gasteiger partial charge is 0.418 e. The highest BCUT2D eigenvalue weighted by molar-refractivity contribution is 6.31. The van der Waals surface area contributed by atoms with Gasteiger partial charge in [-0.25, -0.2) is 9.97 Å². The van der Waals surface area contributed by atoms with E-state index in [1.807, 2.05) is 0 Å². The molecule has 0 aliphatic rings. The highest BCUT2D eigenvalue weighted by Crippen LogP contribution is 2.36. The molecule has 7 heteroatoms. The molecule has 0 saturated heterocycles. The molecule has 0 fully saturated rings. The number of hydrogen-bond donors (Lipinski definition) is 1. The number of anilines is 2. The van der Waals surface area contributed by atoms with E-state index < -0.39 is 11.7 Å². The highest BCUT2D eigenvalue weighted by atomic mass is 35.5. The highest BCUT2D eigenvalue weighted by Gasteiger charge is 2.33. The van der Waals surface area contributed by atoms with E-state index in [1.54, 1.807) is 13.8 Å². The number of rotatable bonds is 2. The number of hydrogen-bond acceptors (Lipinski definition) is 3. The first-order valence-corrected chi connectivity index (χ1v) is 6.11. The predicted molar refractivity (Wildman–Crippen MR) is 71.2 cm³/mol. The van der Waals surface area contributed by atoms with E-state index >= 15 is 0 Å². The van der Waals surface area contributed by atoms with Gasteiger partial charge in [0.15, 0.2) is 11.0 Å². The lowest BCUT2D eigenvalue weighted by Gasteiger charge is -2.15. The number of nitrogens with zero attached hydrogens (tertiary/aromatic N) is 2. The molecule has 2 rings (SSSR count). The van der Waals surface area contributed by atoms with Gasteiger partial charge in [0.1, 0.15) is 0 Å². The van der Waals surface area contributed by atoms with Crippen molar-refractivity contribution in [3.63, 3.8) is 0 Å². The van der Waals surface area contributed by atoms with Crippen molar-refractivity contribution in [3.8, 4) is 0 Å². The minimum Gasteiger partial charge on any atom is -0.337 e. The Morgan fingerprint density at radius 3 is 2.30 bits per heavy atom. The van der Waals surface area contributed by atoms with Crippen LogP contribution in [-0.4, -0.2) is 9.97 Å². The van der Waals surface area contributed by atoms with Crippen molar-refractivity contribution in [1.82, 2.24) is 9.97 Å². The van der Waals surface area contributed by atoms with E-state index in [0.717, 1.165) is 6.07 Å². The van der Waals surface area contributed by atoms with Crippen molar-refractivity contribution >= 4 is 23.1 Å². The van der Waals surface area contributed by atoms with Crippen LogP contribution in [-0.2, 0) is 6.18 Å². The summed E-state index contributed by atoms with van der Waals surface area (Å²) in [6.07, 6.45) is -4.46. The summed E-state index contributed by atoms with van der Waals surface area (Å²) in [6.45, 7) is 3.43. The molecule has 0 unspecified atom stereocenters. The molecule has 3 nitrogen and oxygen atoms in total. The number of alkyl halides is 3. The van der Waals surface area contributed by atoms with E-state index in [-0.39, 0.29) is 16.7 Å². The topological polar surface area (TPSA) is 37.8 Å². The average Bonchev–Trinajstić information content (AvgIpc) is 2.35. The molecule has 0 saturated carbocycles. The van der Waals surface area contributed by atoms with Gasteiger partial charge in [-0.05, 0) is 26.0 Å². The fraction of sp³-hybridized carbons (Fsp3) is 0.231. The zero-order chi connectivity index (χ0) is 14.9. The van der Waals surface area contributed by atoms with E-state index in [0.29, 0.717) is 11.4 Å². The fourth-order valence-electron chi connectivity index (χ4n) is 1.62. The van der Waals surface area contributed by atoms with Crippen LogP contribution in [0.15, 0.2) is 24.3 Å². The van der Waals surface area contributed by atoms with Gasteiger partial charge in [0.25, 0.3) is 0 Å². The van der Waals surface area contributed by atoms with Crippen LogP contribution in [0.2, 0.25) is 5.15 Å². The van der Waals surface area contributed by atoms with E-state index in [4.69, 9.17) is 11.6 Å². The molecule has 0 atom stereocenters. The monoisotopic (exact) mass is 301 g/mol. The van der Waals surface area contributed by atoms with Crippen molar-refractivity contribution in [2.75, 3.05) is 5.32 Å². The Kier molecular flexibility index (Phi) is 3.85. The predicted octanol–water partition coefficient (Wildman–Crippen LogP) is 4.51. The first kappa shape index (κ1) is 14.6. The van der Waals surface area contributed by atoms with Crippen molar-refractivity contribution in [3.05, 3.63) is 46.4 Å². The van der Waals surface area contributed by atoms with Crippen molar-refractivity contribution in [2.24, 2.45) is 0 Å². The molecule has 0 radical (unpaired) electrons. The maximum Gasteiger partial charge on any atom is 0.418 e. The minimum atomic E-state index is -4.46. The van der Waals surface area contributed by atoms with Crippen molar-refractivity contribution in [1.29, 1.82) is 0 Å². The Morgan fingerprint density at radius 2 is 1.65 bits per heavy atom. The molecule has 0 spiro atoms. The normalized spacial score (nSPS) is 11.5. The number of halogens is 4. The standard InChI is InChI=1S/C13H11ClF3N3/c1-7-8(2)19-12(11(14)18-7)20-10-6-4-3-5-9(10)13(15,16)17/h3-6H,1-2H3,(H,19,20). The van der Waals surface area contributed by atoms with E-state index in [2.05, 4.69) is 15.3 Å². The summed E-state index contributed by atoms with van der Waals surface area (Å²) in [5, 5.41) is 2.62. The van der Waals surface area contributed by atoms with Crippen LogP contribution in [0.4, 0.5) is 24.7 Å². The van der Waals surface area contributed by atoms with Crippen LogP contribution in [0.3, 0.4) is 0 Å². The molecule has 1 heterocycles. The summed E-state index contributed by atoms with van der Waals surface area (Å²) in [4.78, 5) is 8.14. The van der Waals surface area contributed by atoms with Gasteiger partial charge in [-0.3, -0.25) is 0 Å². The molecule has 0 aliphatic carbocycles. The van der Waals surface area contributed by atoms with Gasteiger partial charge < -0.3 is 5.32 Å². The van der Waals surface area contributed by atoms with Gasteiger partial charge in [0.05, 0.1) is 22.6 Å². The summed E-state index contributed by atoms with van der Waals surface area (Å²) in [5.41, 5.74) is 0.335. The van der Waals surface area contributed by atoms with Gasteiger partial charge in [-0.1, -0.05) is 23.7 Å². The molecular formula is C13H11ClF3N3. The Labute approximate surface area is 118 Å². The minimum absolute atomic E-state index is 0.0325. The Bertz CT molecular complexity index is 641. The number of para-hydroxylation sites is 1. The molecule has 1 N–H and O–H groups in total. The molecular weight excluding hydrogens is 291 g/mol. The van der Waals surface area contributed by atoms with Crippen LogP contribution in [0.25, 0.3) is 0 Å². The molecule has 2 aromatic rings. The second-order valence-corrected chi connectivity index (χ2v) is 4.56. The smallest absolute Gasteiger partial charge is 0.337 e. The fourth-order valence-corrected chi connectivity index (χ4v) is 1.84. The summed E-state index contributed by atoms with van der Waals surface area (Å²) in [5.74, 6) is 0.103. The van der Waals surface area contributed by atoms with Crippen LogP contribution in [0.1, 0.15) is 17.0 Å². The van der Waals surface area contributed by atoms with Gasteiger partial charge in [-0.2, -0.15) is 13.2 Å². The lowest BCUT2D eigenvalue weighted by Crippen LogP contribution is -2.10. The maximum atomic E-state index is 12.9. The molecule has 1 aromatic heterocycles. The second kappa shape index (κ2) is 5.28. The second-order valence-electron chi connectivity index (χ2n) is 4.20. The van der Waals surface area contributed by atoms with Gasteiger partial charge in [0.2, 0.25) is 0 Å². The van der Waals surface area contributed by atoms with Gasteiger partial charge in [0, 0.05) is 0 Å². The third kappa shape index (κ3) is 3.01. The number of benzene rings is 1. The average molecular weight is 302 g/mol. The molecule has 106 valence electrons. The zero-order valence-corrected chi connectivity index (χ0v) is 11.5. The van der Waals surface area contributed by atoms with E-state index in [1.165, 1.54) is 18.2 Å². The molecule has 0 aliphatic heterocycles. The molecule has 20 heavy (non-hydrogen) atoms. The van der Waals surface area contributed by atoms with Crippen LogP contribution < -0.4 is 5.32 Å². The summed E-state index contributed by atoms with van der Waals surface area (Å²) in [6, 6.07) is 5.13. The summed E-state index contributed by atoms with van der Waals surface area (Å²) < 4.78 is 38.7. The van der Waals surface area contributed by atoms with Gasteiger partial charge in [-0.15, -0.1) is 0 Å². The number of nitrogens with one attached hydrogen (secondary N) is 1. The number of aryl methyl sites for hydroxylation is 2. The van der Waals surface area contributed by atoms with E-state index in [9.17, 15) is 13.2 Å². The lowest BCUT2D eigenvalue weighted by atomic mass is 10.1. The summed E-state index contributed by atoms with van der Waals surface area (Å²) >= 11 is 5.90. The van der Waals surface area contributed by atoms with Crippen LogP contribution >= 0.6 is 11.6 Å². The van der Waals surface area contributed by atoms with Gasteiger partial charge >= 0.3 is 6.18 Å². The van der Waals surface area contributed by atoms with Crippen molar-refractivity contribution < 1.29 is 13.2 Å². The van der Waals surface area contributed by atoms with Crippen LogP contribution in [0, 0.1) is 13.8 Å². The first-order valence-electron chi connectivity index (χ1n) is 5.73. The quantitative estimate of drug-likeness (QED) is 0.887. The number of aromatic nitrogens is 2. The lowest BCUT2D eigenvalue weighted by molar-refractivity contribution is -0.136. The SMILES string of the molecule is Cc1nc(Cl)c(Nc2ccccc2C(F)(F)F)nc1C. The first-order chi connectivity index (χ1) is 9.29. The molecule has 1 aromatic carbocycles. The third-order valence-electron chi connectivity index (χ3n) is 2.75. The zero-order valence-electron chi connectivity index (χ0n) is 10.7. The molecule has 0 amide bonds. The Balaban J connectivity index is 2.43. The van der Waals surface area contributed by atoms with Crippen LogP contribution in [0.5, 0.6) is 0 Å². The Hall–Kier alpha value is -1.82. The Morgan fingerprint density at radius 1 is 1.05 bits per heavy atom. The maximum absolute atomic E-state index is 12.9.